The minimum Gasteiger partial charge on any atom is -0.392 e. The third-order valence-electron chi connectivity index (χ3n) is 2.85. The van der Waals surface area contributed by atoms with Gasteiger partial charge in [-0.05, 0) is 28.8 Å². The zero-order valence-electron chi connectivity index (χ0n) is 10.4. The van der Waals surface area contributed by atoms with Gasteiger partial charge >= 0.3 is 0 Å². The Morgan fingerprint density at radius 1 is 0.947 bits per heavy atom. The van der Waals surface area contributed by atoms with Gasteiger partial charge in [-0.3, -0.25) is 0 Å². The van der Waals surface area contributed by atoms with Gasteiger partial charge in [0, 0.05) is 13.1 Å². The summed E-state index contributed by atoms with van der Waals surface area (Å²) in [5.74, 6) is -0.398. The first kappa shape index (κ1) is 14.0. The molecule has 0 aromatic heterocycles. The second kappa shape index (κ2) is 6.66. The van der Waals surface area contributed by atoms with Gasteiger partial charge in [0.2, 0.25) is 0 Å². The van der Waals surface area contributed by atoms with Crippen molar-refractivity contribution in [3.8, 4) is 0 Å². The SMILES string of the molecule is OCc1ccc(CNCc2ccc(F)c(Cl)c2)cc1. The molecule has 0 amide bonds. The highest BCUT2D eigenvalue weighted by Crippen LogP contribution is 2.15. The molecule has 0 radical (unpaired) electrons. The van der Waals surface area contributed by atoms with Crippen LogP contribution in [0.5, 0.6) is 0 Å². The van der Waals surface area contributed by atoms with Crippen molar-refractivity contribution in [2.24, 2.45) is 0 Å². The van der Waals surface area contributed by atoms with Gasteiger partial charge in [-0.2, -0.15) is 0 Å². The first-order valence-electron chi connectivity index (χ1n) is 6.02. The fourth-order valence-corrected chi connectivity index (χ4v) is 1.97. The first-order valence-corrected chi connectivity index (χ1v) is 6.40. The highest BCUT2D eigenvalue weighted by Gasteiger charge is 2.00. The van der Waals surface area contributed by atoms with Gasteiger partial charge in [0.25, 0.3) is 0 Å². The summed E-state index contributed by atoms with van der Waals surface area (Å²) < 4.78 is 13.0. The smallest absolute Gasteiger partial charge is 0.141 e. The van der Waals surface area contributed by atoms with E-state index in [4.69, 9.17) is 16.7 Å². The second-order valence-corrected chi connectivity index (χ2v) is 4.73. The normalized spacial score (nSPS) is 10.7. The van der Waals surface area contributed by atoms with E-state index < -0.39 is 5.82 Å². The van der Waals surface area contributed by atoms with Gasteiger partial charge in [-0.25, -0.2) is 4.39 Å². The van der Waals surface area contributed by atoms with Crippen LogP contribution in [-0.2, 0) is 19.7 Å². The van der Waals surface area contributed by atoms with E-state index in [-0.39, 0.29) is 11.6 Å². The molecule has 100 valence electrons. The molecule has 2 aromatic carbocycles. The van der Waals surface area contributed by atoms with Gasteiger partial charge < -0.3 is 10.4 Å². The highest BCUT2D eigenvalue weighted by atomic mass is 35.5. The lowest BCUT2D eigenvalue weighted by atomic mass is 10.1. The summed E-state index contributed by atoms with van der Waals surface area (Å²) in [6.07, 6.45) is 0. The van der Waals surface area contributed by atoms with Crippen LogP contribution in [-0.4, -0.2) is 5.11 Å². The van der Waals surface area contributed by atoms with Crippen molar-refractivity contribution in [3.63, 3.8) is 0 Å². The molecule has 2 nitrogen and oxygen atoms in total. The minimum absolute atomic E-state index is 0.0573. The molecule has 0 saturated carbocycles. The molecule has 0 heterocycles. The number of aliphatic hydroxyl groups excluding tert-OH is 1. The number of rotatable bonds is 5. The van der Waals surface area contributed by atoms with Crippen LogP contribution in [0.2, 0.25) is 5.02 Å². The fourth-order valence-electron chi connectivity index (χ4n) is 1.76. The summed E-state index contributed by atoms with van der Waals surface area (Å²) in [6.45, 7) is 1.39. The average Bonchev–Trinajstić information content (AvgIpc) is 2.43. The van der Waals surface area contributed by atoms with E-state index >= 15 is 0 Å². The molecule has 19 heavy (non-hydrogen) atoms. The highest BCUT2D eigenvalue weighted by molar-refractivity contribution is 6.30. The second-order valence-electron chi connectivity index (χ2n) is 4.33. The third-order valence-corrected chi connectivity index (χ3v) is 3.14. The Kier molecular flexibility index (Phi) is 4.91. The number of hydrogen-bond donors (Lipinski definition) is 2. The summed E-state index contributed by atoms with van der Waals surface area (Å²) in [7, 11) is 0. The van der Waals surface area contributed by atoms with Crippen LogP contribution in [0.15, 0.2) is 42.5 Å². The van der Waals surface area contributed by atoms with E-state index in [2.05, 4.69) is 5.32 Å². The molecule has 2 rings (SSSR count). The molecular formula is C15H15ClFNO. The largest absolute Gasteiger partial charge is 0.392 e. The van der Waals surface area contributed by atoms with E-state index in [9.17, 15) is 4.39 Å². The van der Waals surface area contributed by atoms with Crippen LogP contribution in [0.25, 0.3) is 0 Å². The molecule has 0 fully saturated rings. The van der Waals surface area contributed by atoms with Crippen LogP contribution in [0.3, 0.4) is 0 Å². The zero-order valence-corrected chi connectivity index (χ0v) is 11.1. The molecule has 0 aliphatic rings. The fraction of sp³-hybridized carbons (Fsp3) is 0.200. The summed E-state index contributed by atoms with van der Waals surface area (Å²) >= 11 is 5.72. The summed E-state index contributed by atoms with van der Waals surface area (Å²) in [5, 5.41) is 12.3. The van der Waals surface area contributed by atoms with Crippen LogP contribution >= 0.6 is 11.6 Å². The monoisotopic (exact) mass is 279 g/mol. The third kappa shape index (κ3) is 4.03. The van der Waals surface area contributed by atoms with E-state index in [0.717, 1.165) is 16.7 Å². The molecule has 0 spiro atoms. The van der Waals surface area contributed by atoms with E-state index in [1.54, 1.807) is 12.1 Å². The van der Waals surface area contributed by atoms with Crippen LogP contribution in [0, 0.1) is 5.82 Å². The maximum absolute atomic E-state index is 13.0. The molecule has 0 aliphatic carbocycles. The Bertz CT molecular complexity index is 542. The average molecular weight is 280 g/mol. The molecule has 0 saturated heterocycles. The van der Waals surface area contributed by atoms with Crippen molar-refractivity contribution in [2.75, 3.05) is 0 Å². The first-order chi connectivity index (χ1) is 9.19. The maximum atomic E-state index is 13.0. The minimum atomic E-state index is -0.398. The summed E-state index contributed by atoms with van der Waals surface area (Å²) in [4.78, 5) is 0. The van der Waals surface area contributed by atoms with Crippen molar-refractivity contribution in [1.82, 2.24) is 5.32 Å². The van der Waals surface area contributed by atoms with Crippen molar-refractivity contribution in [3.05, 3.63) is 70.0 Å². The predicted octanol–water partition coefficient (Wildman–Crippen LogP) is 3.26. The van der Waals surface area contributed by atoms with Gasteiger partial charge in [-0.1, -0.05) is 41.9 Å². The van der Waals surface area contributed by atoms with Gasteiger partial charge in [0.15, 0.2) is 0 Å². The Morgan fingerprint density at radius 3 is 2.16 bits per heavy atom. The van der Waals surface area contributed by atoms with Crippen LogP contribution in [0.4, 0.5) is 4.39 Å². The lowest BCUT2D eigenvalue weighted by molar-refractivity contribution is 0.282. The van der Waals surface area contributed by atoms with Crippen molar-refractivity contribution < 1.29 is 9.50 Å². The predicted molar refractivity (Wildman–Crippen MR) is 74.3 cm³/mol. The zero-order chi connectivity index (χ0) is 13.7. The molecule has 0 aliphatic heterocycles. The van der Waals surface area contributed by atoms with E-state index in [0.29, 0.717) is 13.1 Å². The van der Waals surface area contributed by atoms with Crippen molar-refractivity contribution >= 4 is 11.6 Å². The molecule has 2 aromatic rings. The topological polar surface area (TPSA) is 32.3 Å². The van der Waals surface area contributed by atoms with Crippen LogP contribution < -0.4 is 5.32 Å². The van der Waals surface area contributed by atoms with Gasteiger partial charge in [-0.15, -0.1) is 0 Å². The number of halogens is 2. The standard InChI is InChI=1S/C15H15ClFNO/c16-14-7-13(5-6-15(14)17)9-18-8-11-1-3-12(10-19)4-2-11/h1-7,18-19H,8-10H2. The molecule has 0 atom stereocenters. The summed E-state index contributed by atoms with van der Waals surface area (Å²) in [6, 6.07) is 12.4. The molecular weight excluding hydrogens is 265 g/mol. The summed E-state index contributed by atoms with van der Waals surface area (Å²) in [5.41, 5.74) is 2.97. The number of benzene rings is 2. The quantitative estimate of drug-likeness (QED) is 0.880. The lowest BCUT2D eigenvalue weighted by Gasteiger charge is -2.06. The van der Waals surface area contributed by atoms with Crippen molar-refractivity contribution in [2.45, 2.75) is 19.7 Å². The Morgan fingerprint density at radius 2 is 1.53 bits per heavy atom. The van der Waals surface area contributed by atoms with Gasteiger partial charge in [0.1, 0.15) is 5.82 Å². The Labute approximate surface area is 116 Å². The molecule has 0 bridgehead atoms. The van der Waals surface area contributed by atoms with Gasteiger partial charge in [0.05, 0.1) is 11.6 Å². The molecule has 4 heteroatoms. The number of nitrogens with one attached hydrogen (secondary N) is 1. The van der Waals surface area contributed by atoms with E-state index in [1.165, 1.54) is 6.07 Å². The van der Waals surface area contributed by atoms with Crippen molar-refractivity contribution in [1.29, 1.82) is 0 Å². The lowest BCUT2D eigenvalue weighted by Crippen LogP contribution is -2.12. The molecule has 0 unspecified atom stereocenters. The van der Waals surface area contributed by atoms with Crippen LogP contribution in [0.1, 0.15) is 16.7 Å². The maximum Gasteiger partial charge on any atom is 0.141 e. The molecule has 2 N–H and O–H groups in total. The number of aliphatic hydroxyl groups is 1. The number of hydrogen-bond acceptors (Lipinski definition) is 2. The Balaban J connectivity index is 1.86. The van der Waals surface area contributed by atoms with E-state index in [1.807, 2.05) is 24.3 Å². The Hall–Kier alpha value is -1.42.